The summed E-state index contributed by atoms with van der Waals surface area (Å²) in [5.74, 6) is -2.57. The van der Waals surface area contributed by atoms with E-state index in [9.17, 15) is 24.2 Å². The zero-order chi connectivity index (χ0) is 22.3. The van der Waals surface area contributed by atoms with Gasteiger partial charge in [-0.2, -0.15) is 0 Å². The largest absolute Gasteiger partial charge is 0.390 e. The number of fused-ring (bicyclic) bond motifs is 5. The highest BCUT2D eigenvalue weighted by Gasteiger charge is 2.76. The fraction of sp³-hybridized carbons (Fsp3) is 0.727. The number of ketones is 1. The maximum absolute atomic E-state index is 16.9. The van der Waals surface area contributed by atoms with E-state index in [2.05, 4.69) is 0 Å². The van der Waals surface area contributed by atoms with Crippen molar-refractivity contribution < 1.29 is 33.0 Å². The summed E-state index contributed by atoms with van der Waals surface area (Å²) in [5, 5.41) is 21.9. The Balaban J connectivity index is 1.84. The van der Waals surface area contributed by atoms with Gasteiger partial charge in [-0.05, 0) is 55.7 Å². The van der Waals surface area contributed by atoms with Gasteiger partial charge in [0.15, 0.2) is 11.5 Å². The van der Waals surface area contributed by atoms with Crippen LogP contribution in [0.25, 0.3) is 0 Å². The lowest BCUT2D eigenvalue weighted by Gasteiger charge is -2.63. The molecule has 8 heteroatoms. The molecule has 9 atom stereocenters. The van der Waals surface area contributed by atoms with Crippen LogP contribution < -0.4 is 0 Å². The molecule has 3 saturated carbocycles. The van der Waals surface area contributed by atoms with E-state index in [1.54, 1.807) is 13.8 Å². The van der Waals surface area contributed by atoms with Crippen LogP contribution in [0.15, 0.2) is 23.8 Å². The molecule has 0 heterocycles. The summed E-state index contributed by atoms with van der Waals surface area (Å²) in [6.45, 7) is 4.79. The van der Waals surface area contributed by atoms with E-state index in [-0.39, 0.29) is 24.8 Å². The number of rotatable bonds is 2. The number of alkyl halides is 3. The lowest BCUT2D eigenvalue weighted by molar-refractivity contribution is -0.221. The first kappa shape index (κ1) is 22.1. The molecule has 166 valence electrons. The molecule has 0 aromatic carbocycles. The molecule has 4 aliphatic rings. The normalized spacial score (nSPS) is 52.3. The van der Waals surface area contributed by atoms with Gasteiger partial charge in [-0.3, -0.25) is 9.59 Å². The van der Waals surface area contributed by atoms with Gasteiger partial charge in [-0.1, -0.05) is 31.7 Å². The van der Waals surface area contributed by atoms with E-state index in [0.29, 0.717) is 11.8 Å². The molecule has 0 bridgehead atoms. The van der Waals surface area contributed by atoms with Gasteiger partial charge in [0, 0.05) is 16.7 Å². The van der Waals surface area contributed by atoms with Crippen molar-refractivity contribution in [3.63, 3.8) is 0 Å². The minimum absolute atomic E-state index is 0.0294. The highest BCUT2D eigenvalue weighted by atomic mass is 32.2. The second-order valence-corrected chi connectivity index (χ2v) is 10.7. The minimum atomic E-state index is -2.26. The predicted octanol–water partition coefficient (Wildman–Crippen LogP) is 3.47. The van der Waals surface area contributed by atoms with Crippen molar-refractivity contribution in [3.8, 4) is 0 Å². The SMILES string of the molecule is C[C@@H]1C[C@H]2C3C[C@H](F)C4=CC(=O)C=C[C@]4(C)[C@@]3(F)[C@@H](O)C[C@]2(C)[C@@]1(O)C(=O)SCF. The predicted molar refractivity (Wildman–Crippen MR) is 107 cm³/mol. The average Bonchev–Trinajstić information content (AvgIpc) is 2.88. The van der Waals surface area contributed by atoms with Crippen molar-refractivity contribution in [2.24, 2.45) is 28.6 Å². The summed E-state index contributed by atoms with van der Waals surface area (Å²) in [6.07, 6.45) is 0.306. The van der Waals surface area contributed by atoms with E-state index in [4.69, 9.17) is 0 Å². The topological polar surface area (TPSA) is 74.6 Å². The molecule has 0 aromatic rings. The summed E-state index contributed by atoms with van der Waals surface area (Å²) in [6, 6.07) is -0.995. The number of allylic oxidation sites excluding steroid dienone is 4. The summed E-state index contributed by atoms with van der Waals surface area (Å²) < 4.78 is 45.1. The van der Waals surface area contributed by atoms with Crippen LogP contribution in [0, 0.1) is 28.6 Å². The molecule has 0 spiro atoms. The average molecular weight is 445 g/mol. The number of thioether (sulfide) groups is 1. The van der Waals surface area contributed by atoms with Crippen LogP contribution in [0.3, 0.4) is 0 Å². The monoisotopic (exact) mass is 444 g/mol. The Morgan fingerprint density at radius 3 is 2.60 bits per heavy atom. The Bertz CT molecular complexity index is 861. The van der Waals surface area contributed by atoms with E-state index in [0.717, 1.165) is 6.08 Å². The first-order valence-corrected chi connectivity index (χ1v) is 11.3. The molecule has 0 amide bonds. The Hall–Kier alpha value is -1.12. The molecule has 0 radical (unpaired) electrons. The Morgan fingerprint density at radius 1 is 1.30 bits per heavy atom. The third-order valence-corrected chi connectivity index (χ3v) is 9.39. The zero-order valence-corrected chi connectivity index (χ0v) is 18.0. The van der Waals surface area contributed by atoms with Gasteiger partial charge in [-0.15, -0.1) is 0 Å². The zero-order valence-electron chi connectivity index (χ0n) is 17.2. The lowest BCUT2D eigenvalue weighted by Crippen LogP contribution is -2.70. The molecule has 4 aliphatic carbocycles. The van der Waals surface area contributed by atoms with Gasteiger partial charge in [0.05, 0.1) is 6.10 Å². The Morgan fingerprint density at radius 2 is 1.97 bits per heavy atom. The van der Waals surface area contributed by atoms with Gasteiger partial charge in [0.25, 0.3) is 0 Å². The number of carbonyl (C=O) groups excluding carboxylic acids is 2. The van der Waals surface area contributed by atoms with Crippen LogP contribution in [0.1, 0.15) is 40.0 Å². The summed E-state index contributed by atoms with van der Waals surface area (Å²) >= 11 is 0.371. The first-order chi connectivity index (χ1) is 13.9. The van der Waals surface area contributed by atoms with Crippen molar-refractivity contribution in [1.29, 1.82) is 0 Å². The van der Waals surface area contributed by atoms with Crippen molar-refractivity contribution >= 4 is 22.7 Å². The van der Waals surface area contributed by atoms with Crippen LogP contribution in [-0.2, 0) is 9.59 Å². The standard InChI is InChI=1S/C22H27F3O4S/c1-11-6-13-14-8-16(24)15-7-12(26)4-5-19(15,2)21(14,25)17(27)9-20(13,3)22(11,29)18(28)30-10-23/h4-5,7,11,13-14,16-17,27,29H,6,8-10H2,1-3H3/t11-,13+,14?,16+,17+,19+,20+,21+,22+/m1/s1. The second-order valence-electron chi connectivity index (χ2n) is 9.80. The van der Waals surface area contributed by atoms with Gasteiger partial charge in [-0.25, -0.2) is 13.2 Å². The highest BCUT2D eigenvalue weighted by Crippen LogP contribution is 2.71. The van der Waals surface area contributed by atoms with Crippen LogP contribution in [-0.4, -0.2) is 50.7 Å². The molecule has 4 rings (SSSR count). The van der Waals surface area contributed by atoms with Crippen LogP contribution >= 0.6 is 11.8 Å². The molecule has 0 aliphatic heterocycles. The van der Waals surface area contributed by atoms with E-state index in [1.807, 2.05) is 0 Å². The second kappa shape index (κ2) is 6.69. The molecule has 0 aromatic heterocycles. The van der Waals surface area contributed by atoms with E-state index in [1.165, 1.54) is 19.1 Å². The van der Waals surface area contributed by atoms with Gasteiger partial charge < -0.3 is 10.2 Å². The lowest BCUT2D eigenvalue weighted by atomic mass is 9.44. The summed E-state index contributed by atoms with van der Waals surface area (Å²) in [4.78, 5) is 24.6. The minimum Gasteiger partial charge on any atom is -0.390 e. The van der Waals surface area contributed by atoms with E-state index >= 15 is 8.78 Å². The molecule has 0 saturated heterocycles. The van der Waals surface area contributed by atoms with Gasteiger partial charge in [0.1, 0.15) is 17.8 Å². The summed E-state index contributed by atoms with van der Waals surface area (Å²) in [7, 11) is 0. The molecule has 2 N–H and O–H groups in total. The number of aliphatic hydroxyl groups is 2. The third kappa shape index (κ3) is 2.39. The van der Waals surface area contributed by atoms with E-state index < -0.39 is 69.0 Å². The molecule has 1 unspecified atom stereocenters. The first-order valence-electron chi connectivity index (χ1n) is 10.3. The van der Waals surface area contributed by atoms with Crippen LogP contribution in [0.5, 0.6) is 0 Å². The van der Waals surface area contributed by atoms with Gasteiger partial charge >= 0.3 is 0 Å². The highest BCUT2D eigenvalue weighted by molar-refractivity contribution is 8.13. The Labute approximate surface area is 178 Å². The smallest absolute Gasteiger partial charge is 0.223 e. The van der Waals surface area contributed by atoms with Gasteiger partial charge in [0.2, 0.25) is 5.12 Å². The fourth-order valence-electron chi connectivity index (χ4n) is 7.13. The van der Waals surface area contributed by atoms with Crippen molar-refractivity contribution in [1.82, 2.24) is 0 Å². The number of aliphatic hydroxyl groups excluding tert-OH is 1. The quantitative estimate of drug-likeness (QED) is 0.682. The molecule has 30 heavy (non-hydrogen) atoms. The summed E-state index contributed by atoms with van der Waals surface area (Å²) in [5.41, 5.74) is -6.91. The maximum Gasteiger partial charge on any atom is 0.223 e. The van der Waals surface area contributed by atoms with Crippen molar-refractivity contribution in [2.75, 3.05) is 6.01 Å². The van der Waals surface area contributed by atoms with Crippen LogP contribution in [0.4, 0.5) is 13.2 Å². The third-order valence-electron chi connectivity index (χ3n) is 8.71. The molecule has 4 nitrogen and oxygen atoms in total. The molecular formula is C22H27F3O4S. The number of hydrogen-bond donors (Lipinski definition) is 2. The number of hydrogen-bond acceptors (Lipinski definition) is 5. The number of halogens is 3. The molecule has 3 fully saturated rings. The van der Waals surface area contributed by atoms with Crippen molar-refractivity contribution in [2.45, 2.75) is 63.6 Å². The van der Waals surface area contributed by atoms with Crippen molar-refractivity contribution in [3.05, 3.63) is 23.8 Å². The number of carbonyl (C=O) groups is 2. The maximum atomic E-state index is 16.9. The fourth-order valence-corrected chi connectivity index (χ4v) is 7.89. The Kier molecular flexibility index (Phi) is 4.92. The molecular weight excluding hydrogens is 417 g/mol. The van der Waals surface area contributed by atoms with Crippen LogP contribution in [0.2, 0.25) is 0 Å².